The number of thiophene rings is 1. The van der Waals surface area contributed by atoms with Gasteiger partial charge in [0.05, 0.1) is 24.6 Å². The normalized spacial score (nSPS) is 11.3. The second-order valence-electron chi connectivity index (χ2n) is 4.97. The minimum atomic E-state index is 0.310. The number of nitrogens with two attached hydrogens (primary N) is 1. The summed E-state index contributed by atoms with van der Waals surface area (Å²) in [5.74, 6) is 0. The van der Waals surface area contributed by atoms with E-state index in [2.05, 4.69) is 35.3 Å². The fraction of sp³-hybridized carbons (Fsp3) is 0.286. The molecule has 0 saturated carbocycles. The van der Waals surface area contributed by atoms with Crippen molar-refractivity contribution in [1.29, 1.82) is 0 Å². The first-order valence-electron chi connectivity index (χ1n) is 6.54. The summed E-state index contributed by atoms with van der Waals surface area (Å²) in [7, 11) is 0. The van der Waals surface area contributed by atoms with E-state index in [0.717, 1.165) is 33.8 Å². The second kappa shape index (κ2) is 5.13. The first-order chi connectivity index (χ1) is 9.65. The fourth-order valence-corrected chi connectivity index (χ4v) is 2.83. The minimum Gasteiger partial charge on any atom is -0.398 e. The Balaban J connectivity index is 1.81. The van der Waals surface area contributed by atoms with E-state index in [1.807, 2.05) is 28.5 Å². The van der Waals surface area contributed by atoms with Crippen LogP contribution in [0, 0.1) is 0 Å². The number of nitrogens with zero attached hydrogens (tertiary/aromatic N) is 3. The Hall–Kier alpha value is -2.08. The van der Waals surface area contributed by atoms with Gasteiger partial charge in [-0.25, -0.2) is 9.67 Å². The quantitative estimate of drug-likeness (QED) is 0.772. The van der Waals surface area contributed by atoms with Gasteiger partial charge in [-0.1, -0.05) is 0 Å². The Labute approximate surface area is 121 Å². The minimum absolute atomic E-state index is 0.310. The van der Waals surface area contributed by atoms with Crippen LogP contribution in [0.2, 0.25) is 0 Å². The van der Waals surface area contributed by atoms with E-state index in [1.165, 1.54) is 0 Å². The molecule has 0 bridgehead atoms. The van der Waals surface area contributed by atoms with Crippen LogP contribution in [0.25, 0.3) is 11.0 Å². The van der Waals surface area contributed by atoms with Crippen LogP contribution in [0.4, 0.5) is 11.4 Å². The highest BCUT2D eigenvalue weighted by Gasteiger charge is 2.08. The molecule has 5 nitrogen and oxygen atoms in total. The lowest BCUT2D eigenvalue weighted by Gasteiger charge is -2.08. The summed E-state index contributed by atoms with van der Waals surface area (Å²) in [5, 5.41) is 10.8. The molecule has 3 aromatic rings. The lowest BCUT2D eigenvalue weighted by molar-refractivity contribution is 0.546. The summed E-state index contributed by atoms with van der Waals surface area (Å²) in [5.41, 5.74) is 8.61. The number of hydrogen-bond acceptors (Lipinski definition) is 5. The number of aromatic nitrogens is 3. The van der Waals surface area contributed by atoms with E-state index < -0.39 is 0 Å². The predicted molar refractivity (Wildman–Crippen MR) is 84.0 cm³/mol. The molecule has 3 N–H and O–H groups in total. The molecular weight excluding hydrogens is 270 g/mol. The van der Waals surface area contributed by atoms with E-state index in [0.29, 0.717) is 6.04 Å². The van der Waals surface area contributed by atoms with E-state index in [4.69, 9.17) is 5.73 Å². The maximum atomic E-state index is 5.87. The van der Waals surface area contributed by atoms with Crippen molar-refractivity contribution in [2.45, 2.75) is 26.4 Å². The Kier molecular flexibility index (Phi) is 3.31. The Morgan fingerprint density at radius 2 is 2.25 bits per heavy atom. The molecule has 3 rings (SSSR count). The lowest BCUT2D eigenvalue weighted by Crippen LogP contribution is -2.04. The lowest BCUT2D eigenvalue weighted by atomic mass is 10.3. The van der Waals surface area contributed by atoms with Gasteiger partial charge in [-0.15, -0.1) is 11.3 Å². The van der Waals surface area contributed by atoms with Gasteiger partial charge in [0.15, 0.2) is 5.65 Å². The molecule has 0 aromatic carbocycles. The van der Waals surface area contributed by atoms with E-state index in [9.17, 15) is 0 Å². The maximum absolute atomic E-state index is 5.87. The first kappa shape index (κ1) is 12.9. The summed E-state index contributed by atoms with van der Waals surface area (Å²) in [6, 6.07) is 4.30. The van der Waals surface area contributed by atoms with Crippen molar-refractivity contribution in [1.82, 2.24) is 14.8 Å². The summed E-state index contributed by atoms with van der Waals surface area (Å²) >= 11 is 1.66. The van der Waals surface area contributed by atoms with E-state index in [-0.39, 0.29) is 0 Å². The second-order valence-corrected chi connectivity index (χ2v) is 5.97. The van der Waals surface area contributed by atoms with Crippen LogP contribution >= 0.6 is 11.3 Å². The molecule has 0 radical (unpaired) electrons. The molecule has 104 valence electrons. The number of nitrogen functional groups attached to an aromatic ring is 1. The van der Waals surface area contributed by atoms with Crippen molar-refractivity contribution in [3.05, 3.63) is 34.8 Å². The highest BCUT2D eigenvalue weighted by Crippen LogP contribution is 2.22. The zero-order valence-corrected chi connectivity index (χ0v) is 12.3. The molecule has 0 fully saturated rings. The van der Waals surface area contributed by atoms with Crippen LogP contribution in [0.3, 0.4) is 0 Å². The van der Waals surface area contributed by atoms with Crippen LogP contribution in [0.1, 0.15) is 24.8 Å². The molecule has 20 heavy (non-hydrogen) atoms. The average molecular weight is 287 g/mol. The van der Waals surface area contributed by atoms with Gasteiger partial charge in [0.1, 0.15) is 0 Å². The molecule has 0 aliphatic rings. The van der Waals surface area contributed by atoms with Crippen molar-refractivity contribution < 1.29 is 0 Å². The topological polar surface area (TPSA) is 68.8 Å². The number of rotatable bonds is 4. The summed E-state index contributed by atoms with van der Waals surface area (Å²) in [6.45, 7) is 4.91. The highest BCUT2D eigenvalue weighted by molar-refractivity contribution is 7.10. The van der Waals surface area contributed by atoms with Gasteiger partial charge in [0.2, 0.25) is 0 Å². The van der Waals surface area contributed by atoms with Gasteiger partial charge in [-0.3, -0.25) is 0 Å². The van der Waals surface area contributed by atoms with Crippen LogP contribution in [-0.2, 0) is 6.54 Å². The van der Waals surface area contributed by atoms with Crippen molar-refractivity contribution in [2.75, 3.05) is 11.1 Å². The predicted octanol–water partition coefficient (Wildman–Crippen LogP) is 3.27. The first-order valence-corrected chi connectivity index (χ1v) is 7.42. The largest absolute Gasteiger partial charge is 0.398 e. The third-order valence-corrected chi connectivity index (χ3v) is 4.09. The molecular formula is C14H17N5S. The number of hydrogen-bond donors (Lipinski definition) is 2. The zero-order chi connectivity index (χ0) is 14.1. The number of nitrogens with one attached hydrogen (secondary N) is 1. The van der Waals surface area contributed by atoms with Crippen LogP contribution < -0.4 is 11.1 Å². The molecule has 0 aliphatic heterocycles. The number of anilines is 2. The highest BCUT2D eigenvalue weighted by atomic mass is 32.1. The van der Waals surface area contributed by atoms with E-state index >= 15 is 0 Å². The number of pyridine rings is 1. The molecule has 3 heterocycles. The molecule has 0 spiro atoms. The zero-order valence-electron chi connectivity index (χ0n) is 11.5. The molecule has 6 heteroatoms. The third-order valence-electron chi connectivity index (χ3n) is 3.16. The standard InChI is InChI=1S/C14H17N5S/c1-9(2)19-14-10(6-18-19)5-11(7-17-14)16-8-13-12(15)3-4-20-13/h3-7,9,16H,8,15H2,1-2H3. The molecule has 0 aliphatic carbocycles. The fourth-order valence-electron chi connectivity index (χ4n) is 2.09. The Morgan fingerprint density at radius 3 is 2.95 bits per heavy atom. The summed E-state index contributed by atoms with van der Waals surface area (Å²) in [4.78, 5) is 5.64. The molecule has 0 unspecified atom stereocenters. The molecule has 3 aromatic heterocycles. The third kappa shape index (κ3) is 2.34. The van der Waals surface area contributed by atoms with Crippen LogP contribution in [-0.4, -0.2) is 14.8 Å². The average Bonchev–Trinajstić information content (AvgIpc) is 3.02. The smallest absolute Gasteiger partial charge is 0.158 e. The van der Waals surface area contributed by atoms with Crippen molar-refractivity contribution in [3.63, 3.8) is 0 Å². The molecule has 0 atom stereocenters. The van der Waals surface area contributed by atoms with Gasteiger partial charge >= 0.3 is 0 Å². The monoisotopic (exact) mass is 287 g/mol. The Morgan fingerprint density at radius 1 is 1.40 bits per heavy atom. The van der Waals surface area contributed by atoms with Gasteiger partial charge in [-0.05, 0) is 31.4 Å². The van der Waals surface area contributed by atoms with Crippen molar-refractivity contribution in [2.24, 2.45) is 0 Å². The van der Waals surface area contributed by atoms with Gasteiger partial charge < -0.3 is 11.1 Å². The number of fused-ring (bicyclic) bond motifs is 1. The van der Waals surface area contributed by atoms with Gasteiger partial charge in [-0.2, -0.15) is 5.10 Å². The van der Waals surface area contributed by atoms with Crippen molar-refractivity contribution >= 4 is 33.7 Å². The molecule has 0 amide bonds. The SMILES string of the molecule is CC(C)n1ncc2cc(NCc3sccc3N)cnc21. The summed E-state index contributed by atoms with van der Waals surface area (Å²) in [6.07, 6.45) is 3.69. The van der Waals surface area contributed by atoms with Gasteiger partial charge in [0.25, 0.3) is 0 Å². The Bertz CT molecular complexity index is 728. The van der Waals surface area contributed by atoms with Crippen molar-refractivity contribution in [3.8, 4) is 0 Å². The van der Waals surface area contributed by atoms with Crippen LogP contribution in [0.5, 0.6) is 0 Å². The maximum Gasteiger partial charge on any atom is 0.158 e. The van der Waals surface area contributed by atoms with Gasteiger partial charge in [0, 0.05) is 22.0 Å². The van der Waals surface area contributed by atoms with Crippen LogP contribution in [0.15, 0.2) is 29.9 Å². The van der Waals surface area contributed by atoms with E-state index in [1.54, 1.807) is 11.3 Å². The molecule has 0 saturated heterocycles. The summed E-state index contributed by atoms with van der Waals surface area (Å²) < 4.78 is 1.93.